The van der Waals surface area contributed by atoms with E-state index in [9.17, 15) is 9.18 Å². The van der Waals surface area contributed by atoms with Gasteiger partial charge in [-0.25, -0.2) is 4.39 Å². The number of nitrogens with zero attached hydrogens (tertiary/aromatic N) is 4. The smallest absolute Gasteiger partial charge is 0.278 e. The van der Waals surface area contributed by atoms with Crippen molar-refractivity contribution in [3.05, 3.63) is 63.3 Å². The van der Waals surface area contributed by atoms with Crippen LogP contribution in [0.4, 0.5) is 10.2 Å². The highest BCUT2D eigenvalue weighted by Gasteiger charge is 2.18. The summed E-state index contributed by atoms with van der Waals surface area (Å²) < 4.78 is 17.1. The van der Waals surface area contributed by atoms with E-state index >= 15 is 0 Å². The van der Waals surface area contributed by atoms with Gasteiger partial charge in [-0.1, -0.05) is 29.3 Å². The van der Waals surface area contributed by atoms with Gasteiger partial charge < -0.3 is 5.32 Å². The van der Waals surface area contributed by atoms with Crippen LogP contribution in [0.1, 0.15) is 28.7 Å². The minimum atomic E-state index is -0.462. The zero-order valence-corrected chi connectivity index (χ0v) is 15.6. The van der Waals surface area contributed by atoms with Crippen molar-refractivity contribution in [1.82, 2.24) is 19.6 Å². The van der Waals surface area contributed by atoms with Crippen LogP contribution in [0.3, 0.4) is 0 Å². The molecule has 0 aliphatic rings. The average Bonchev–Trinajstić information content (AvgIpc) is 3.13. The molecule has 3 aromatic rings. The quantitative estimate of drug-likeness (QED) is 0.705. The van der Waals surface area contributed by atoms with Gasteiger partial charge in [0.25, 0.3) is 5.91 Å². The fourth-order valence-electron chi connectivity index (χ4n) is 2.45. The Balaban J connectivity index is 1.80. The van der Waals surface area contributed by atoms with Crippen molar-refractivity contribution in [3.63, 3.8) is 0 Å². The topological polar surface area (TPSA) is 64.7 Å². The van der Waals surface area contributed by atoms with Crippen LogP contribution in [0.2, 0.25) is 10.0 Å². The maximum atomic E-state index is 14.0. The van der Waals surface area contributed by atoms with Crippen molar-refractivity contribution in [2.75, 3.05) is 5.32 Å². The number of aromatic nitrogens is 4. The molecule has 0 bridgehead atoms. The number of anilines is 1. The fraction of sp³-hybridized carbons (Fsp3) is 0.235. The molecule has 2 heterocycles. The van der Waals surface area contributed by atoms with E-state index in [1.165, 1.54) is 6.07 Å². The first-order valence-corrected chi connectivity index (χ1v) is 8.66. The van der Waals surface area contributed by atoms with Gasteiger partial charge in [0.05, 0.1) is 11.6 Å². The molecule has 0 radical (unpaired) electrons. The number of hydrogen-bond donors (Lipinski definition) is 1. The largest absolute Gasteiger partial charge is 0.304 e. The predicted octanol–water partition coefficient (Wildman–Crippen LogP) is 4.15. The third-order valence-corrected chi connectivity index (χ3v) is 4.48. The molecule has 0 fully saturated rings. The van der Waals surface area contributed by atoms with E-state index in [-0.39, 0.29) is 17.3 Å². The Labute approximate surface area is 159 Å². The molecular weight excluding hydrogens is 380 g/mol. The van der Waals surface area contributed by atoms with Gasteiger partial charge in [-0.15, -0.1) is 0 Å². The van der Waals surface area contributed by atoms with Crippen molar-refractivity contribution >= 4 is 34.9 Å². The van der Waals surface area contributed by atoms with Crippen LogP contribution in [0.25, 0.3) is 0 Å². The molecule has 3 rings (SSSR count). The van der Waals surface area contributed by atoms with Gasteiger partial charge >= 0.3 is 0 Å². The SMILES string of the molecule is CCn1cc(Cl)c(C(=O)Nc2cc(C)n(Cc3c(F)cccc3Cl)n2)n1. The maximum absolute atomic E-state index is 14.0. The van der Waals surface area contributed by atoms with Gasteiger partial charge in [0, 0.05) is 35.1 Å². The zero-order valence-electron chi connectivity index (χ0n) is 14.1. The summed E-state index contributed by atoms with van der Waals surface area (Å²) >= 11 is 12.1. The van der Waals surface area contributed by atoms with Gasteiger partial charge in [-0.3, -0.25) is 14.2 Å². The molecule has 136 valence electrons. The third kappa shape index (κ3) is 3.73. The van der Waals surface area contributed by atoms with Crippen LogP contribution in [0, 0.1) is 12.7 Å². The molecule has 6 nitrogen and oxygen atoms in total. The standard InChI is InChI=1S/C17H16Cl2FN5O/c1-3-24-9-13(19)16(23-24)17(26)21-15-7-10(2)25(22-15)8-11-12(18)5-4-6-14(11)20/h4-7,9H,3,8H2,1-2H3,(H,21,22,26). The molecular formula is C17H16Cl2FN5O. The van der Waals surface area contributed by atoms with E-state index in [1.54, 1.807) is 40.7 Å². The Morgan fingerprint density at radius 3 is 2.69 bits per heavy atom. The highest BCUT2D eigenvalue weighted by molar-refractivity contribution is 6.34. The second-order valence-electron chi connectivity index (χ2n) is 5.66. The summed E-state index contributed by atoms with van der Waals surface area (Å²) in [7, 11) is 0. The average molecular weight is 396 g/mol. The minimum absolute atomic E-state index is 0.123. The molecule has 1 N–H and O–H groups in total. The van der Waals surface area contributed by atoms with Crippen molar-refractivity contribution in [2.24, 2.45) is 0 Å². The summed E-state index contributed by atoms with van der Waals surface area (Å²) in [6.45, 7) is 4.45. The van der Waals surface area contributed by atoms with E-state index in [2.05, 4.69) is 15.5 Å². The maximum Gasteiger partial charge on any atom is 0.278 e. The van der Waals surface area contributed by atoms with Gasteiger partial charge in [-0.05, 0) is 26.0 Å². The summed E-state index contributed by atoms with van der Waals surface area (Å²) in [5.74, 6) is -0.548. The molecule has 0 atom stereocenters. The first-order chi connectivity index (χ1) is 12.4. The minimum Gasteiger partial charge on any atom is -0.304 e. The molecule has 0 aliphatic carbocycles. The van der Waals surface area contributed by atoms with Crippen LogP contribution in [0.15, 0.2) is 30.5 Å². The Morgan fingerprint density at radius 2 is 2.04 bits per heavy atom. The molecule has 0 saturated carbocycles. The number of aryl methyl sites for hydroxylation is 2. The molecule has 0 aliphatic heterocycles. The Bertz CT molecular complexity index is 946. The van der Waals surface area contributed by atoms with Crippen LogP contribution in [-0.4, -0.2) is 25.5 Å². The number of hydrogen-bond acceptors (Lipinski definition) is 3. The van der Waals surface area contributed by atoms with Gasteiger partial charge in [0.15, 0.2) is 11.5 Å². The monoisotopic (exact) mass is 395 g/mol. The highest BCUT2D eigenvalue weighted by Crippen LogP contribution is 2.22. The number of carbonyl (C=O) groups excluding carboxylic acids is 1. The van der Waals surface area contributed by atoms with Gasteiger partial charge in [-0.2, -0.15) is 10.2 Å². The van der Waals surface area contributed by atoms with Crippen LogP contribution in [-0.2, 0) is 13.1 Å². The van der Waals surface area contributed by atoms with E-state index in [1.807, 2.05) is 6.92 Å². The number of halogens is 3. The normalized spacial score (nSPS) is 11.0. The lowest BCUT2D eigenvalue weighted by molar-refractivity contribution is 0.102. The predicted molar refractivity (Wildman–Crippen MR) is 98.3 cm³/mol. The number of amides is 1. The lowest BCUT2D eigenvalue weighted by Crippen LogP contribution is -2.14. The van der Waals surface area contributed by atoms with Gasteiger partial charge in [0.2, 0.25) is 0 Å². The molecule has 26 heavy (non-hydrogen) atoms. The second kappa shape index (κ2) is 7.47. The van der Waals surface area contributed by atoms with E-state index in [0.717, 1.165) is 5.69 Å². The number of carbonyl (C=O) groups is 1. The number of nitrogens with one attached hydrogen (secondary N) is 1. The summed E-state index contributed by atoms with van der Waals surface area (Å²) in [5.41, 5.74) is 1.20. The second-order valence-corrected chi connectivity index (χ2v) is 6.48. The zero-order chi connectivity index (χ0) is 18.8. The third-order valence-electron chi connectivity index (χ3n) is 3.85. The lowest BCUT2D eigenvalue weighted by Gasteiger charge is -2.07. The Morgan fingerprint density at radius 1 is 1.27 bits per heavy atom. The summed E-state index contributed by atoms with van der Waals surface area (Å²) in [6, 6.07) is 6.18. The molecule has 2 aromatic heterocycles. The molecule has 0 spiro atoms. The summed E-state index contributed by atoms with van der Waals surface area (Å²) in [5, 5.41) is 11.6. The van der Waals surface area contributed by atoms with Crippen molar-refractivity contribution in [1.29, 1.82) is 0 Å². The Hall–Kier alpha value is -2.38. The number of benzene rings is 1. The van der Waals surface area contributed by atoms with Gasteiger partial charge in [0.1, 0.15) is 5.82 Å². The van der Waals surface area contributed by atoms with E-state index < -0.39 is 11.7 Å². The molecule has 0 saturated heterocycles. The Kier molecular flexibility index (Phi) is 5.29. The van der Waals surface area contributed by atoms with E-state index in [4.69, 9.17) is 23.2 Å². The highest BCUT2D eigenvalue weighted by atomic mass is 35.5. The van der Waals surface area contributed by atoms with Crippen molar-refractivity contribution in [2.45, 2.75) is 26.9 Å². The molecule has 1 aromatic carbocycles. The van der Waals surface area contributed by atoms with Crippen LogP contribution < -0.4 is 5.32 Å². The molecule has 9 heteroatoms. The lowest BCUT2D eigenvalue weighted by atomic mass is 10.2. The fourth-order valence-corrected chi connectivity index (χ4v) is 2.91. The van der Waals surface area contributed by atoms with Crippen molar-refractivity contribution < 1.29 is 9.18 Å². The van der Waals surface area contributed by atoms with Crippen molar-refractivity contribution in [3.8, 4) is 0 Å². The molecule has 0 unspecified atom stereocenters. The first kappa shape index (κ1) is 18.4. The summed E-state index contributed by atoms with van der Waals surface area (Å²) in [4.78, 5) is 12.3. The molecule has 1 amide bonds. The number of rotatable bonds is 5. The van der Waals surface area contributed by atoms with Crippen LogP contribution in [0.5, 0.6) is 0 Å². The summed E-state index contributed by atoms with van der Waals surface area (Å²) in [6.07, 6.45) is 1.58. The first-order valence-electron chi connectivity index (χ1n) is 7.90. The van der Waals surface area contributed by atoms with E-state index in [0.29, 0.717) is 22.9 Å². The van der Waals surface area contributed by atoms with Crippen LogP contribution >= 0.6 is 23.2 Å².